The van der Waals surface area contributed by atoms with Gasteiger partial charge in [-0.2, -0.15) is 0 Å². The summed E-state index contributed by atoms with van der Waals surface area (Å²) in [6, 6.07) is -1.13. The fraction of sp³-hybridized carbons (Fsp3) is 0.857. The van der Waals surface area contributed by atoms with Crippen LogP contribution in [0.3, 0.4) is 0 Å². The van der Waals surface area contributed by atoms with Crippen LogP contribution in [-0.2, 0) is 4.79 Å². The standard InChI is InChI=1S/C14H24N2O4/c1-3-14(4-2)5-6-15(9-14)13(20)16-8-10(17)7-11(16)12(18)19/h10-11,17H,3-9H2,1-2H3,(H,18,19)/t10-,11+/m1/s1. The van der Waals surface area contributed by atoms with Crippen LogP contribution in [0.2, 0.25) is 0 Å². The number of hydrogen-bond acceptors (Lipinski definition) is 3. The molecule has 0 aromatic heterocycles. The number of aliphatic carboxylic acids is 1. The van der Waals surface area contributed by atoms with Gasteiger partial charge < -0.3 is 20.0 Å². The van der Waals surface area contributed by atoms with Gasteiger partial charge in [-0.25, -0.2) is 9.59 Å². The second-order valence-corrected chi connectivity index (χ2v) is 6.06. The zero-order valence-electron chi connectivity index (χ0n) is 12.2. The maximum atomic E-state index is 12.5. The average molecular weight is 284 g/mol. The summed E-state index contributed by atoms with van der Waals surface area (Å²) in [5.41, 5.74) is 0.173. The number of carbonyl (C=O) groups is 2. The van der Waals surface area contributed by atoms with E-state index in [0.29, 0.717) is 13.1 Å². The number of carbonyl (C=O) groups excluding carboxylic acids is 1. The highest BCUT2D eigenvalue weighted by atomic mass is 16.4. The van der Waals surface area contributed by atoms with Crippen molar-refractivity contribution in [2.75, 3.05) is 19.6 Å². The van der Waals surface area contributed by atoms with Crippen molar-refractivity contribution in [2.45, 2.75) is 51.7 Å². The molecule has 2 amide bonds. The maximum absolute atomic E-state index is 12.5. The molecule has 0 aromatic carbocycles. The van der Waals surface area contributed by atoms with E-state index in [1.165, 1.54) is 4.90 Å². The summed E-state index contributed by atoms with van der Waals surface area (Å²) in [7, 11) is 0. The highest BCUT2D eigenvalue weighted by molar-refractivity contribution is 5.83. The molecule has 0 aromatic rings. The van der Waals surface area contributed by atoms with Gasteiger partial charge in [0.05, 0.1) is 6.10 Å². The summed E-state index contributed by atoms with van der Waals surface area (Å²) in [4.78, 5) is 26.8. The predicted octanol–water partition coefficient (Wildman–Crippen LogP) is 1.14. The van der Waals surface area contributed by atoms with Gasteiger partial charge >= 0.3 is 12.0 Å². The van der Waals surface area contributed by atoms with Crippen LogP contribution in [0.5, 0.6) is 0 Å². The Morgan fingerprint density at radius 2 is 1.95 bits per heavy atom. The lowest BCUT2D eigenvalue weighted by Crippen LogP contribution is -2.48. The second kappa shape index (κ2) is 5.60. The van der Waals surface area contributed by atoms with Crippen molar-refractivity contribution in [1.82, 2.24) is 9.80 Å². The van der Waals surface area contributed by atoms with Crippen LogP contribution in [0, 0.1) is 5.41 Å². The summed E-state index contributed by atoms with van der Waals surface area (Å²) in [6.45, 7) is 5.77. The highest BCUT2D eigenvalue weighted by Crippen LogP contribution is 2.37. The molecular weight excluding hydrogens is 260 g/mol. The number of nitrogens with zero attached hydrogens (tertiary/aromatic N) is 2. The summed E-state index contributed by atoms with van der Waals surface area (Å²) < 4.78 is 0. The molecule has 2 aliphatic heterocycles. The van der Waals surface area contributed by atoms with E-state index in [-0.39, 0.29) is 24.4 Å². The molecule has 2 rings (SSSR count). The lowest BCUT2D eigenvalue weighted by molar-refractivity contribution is -0.141. The Labute approximate surface area is 119 Å². The molecule has 0 unspecified atom stereocenters. The maximum Gasteiger partial charge on any atom is 0.326 e. The lowest BCUT2D eigenvalue weighted by Gasteiger charge is -2.30. The van der Waals surface area contributed by atoms with Gasteiger partial charge in [0, 0.05) is 26.1 Å². The quantitative estimate of drug-likeness (QED) is 0.814. The summed E-state index contributed by atoms with van der Waals surface area (Å²) >= 11 is 0. The zero-order chi connectivity index (χ0) is 14.9. The molecular formula is C14H24N2O4. The third-order valence-electron chi connectivity index (χ3n) is 5.02. The van der Waals surface area contributed by atoms with E-state index in [2.05, 4.69) is 13.8 Å². The van der Waals surface area contributed by atoms with Gasteiger partial charge in [-0.05, 0) is 24.7 Å². The molecule has 114 valence electrons. The minimum Gasteiger partial charge on any atom is -0.480 e. The number of carboxylic acid groups (broad SMARTS) is 1. The molecule has 0 bridgehead atoms. The molecule has 2 fully saturated rings. The third-order valence-corrected chi connectivity index (χ3v) is 5.02. The van der Waals surface area contributed by atoms with Gasteiger partial charge in [0.25, 0.3) is 0 Å². The molecule has 20 heavy (non-hydrogen) atoms. The minimum absolute atomic E-state index is 0.123. The molecule has 0 aliphatic carbocycles. The molecule has 0 radical (unpaired) electrons. The van der Waals surface area contributed by atoms with Crippen LogP contribution < -0.4 is 0 Å². The van der Waals surface area contributed by atoms with Crippen LogP contribution in [0.4, 0.5) is 4.79 Å². The highest BCUT2D eigenvalue weighted by Gasteiger charge is 2.44. The second-order valence-electron chi connectivity index (χ2n) is 6.06. The number of carboxylic acids is 1. The normalized spacial score (nSPS) is 28.9. The van der Waals surface area contributed by atoms with Crippen LogP contribution in [0.15, 0.2) is 0 Å². The fourth-order valence-electron chi connectivity index (χ4n) is 3.37. The first-order valence-electron chi connectivity index (χ1n) is 7.39. The van der Waals surface area contributed by atoms with E-state index < -0.39 is 18.1 Å². The third kappa shape index (κ3) is 2.61. The van der Waals surface area contributed by atoms with Gasteiger partial charge in [0.1, 0.15) is 6.04 Å². The molecule has 6 nitrogen and oxygen atoms in total. The van der Waals surface area contributed by atoms with E-state index in [1.807, 2.05) is 0 Å². The topological polar surface area (TPSA) is 81.1 Å². The van der Waals surface area contributed by atoms with Gasteiger partial charge in [-0.3, -0.25) is 0 Å². The van der Waals surface area contributed by atoms with Crippen LogP contribution in [-0.4, -0.2) is 63.8 Å². The molecule has 0 saturated carbocycles. The number of likely N-dealkylation sites (tertiary alicyclic amines) is 2. The number of aliphatic hydroxyl groups excluding tert-OH is 1. The van der Waals surface area contributed by atoms with E-state index in [0.717, 1.165) is 19.3 Å². The van der Waals surface area contributed by atoms with Crippen molar-refractivity contribution >= 4 is 12.0 Å². The SMILES string of the molecule is CCC1(CC)CCN(C(=O)N2C[C@H](O)C[C@H]2C(=O)O)C1. The number of urea groups is 1. The molecule has 6 heteroatoms. The van der Waals surface area contributed by atoms with Gasteiger partial charge in [0.2, 0.25) is 0 Å². The molecule has 2 heterocycles. The average Bonchev–Trinajstić information content (AvgIpc) is 3.02. The van der Waals surface area contributed by atoms with E-state index in [4.69, 9.17) is 5.11 Å². The number of β-amino-alcohol motifs (C(OH)–C–C–N with tert-alkyl or cyclic N) is 1. The Hall–Kier alpha value is -1.30. The van der Waals surface area contributed by atoms with E-state index in [1.54, 1.807) is 4.90 Å². The molecule has 2 N–H and O–H groups in total. The van der Waals surface area contributed by atoms with Gasteiger partial charge in [-0.1, -0.05) is 13.8 Å². The first-order chi connectivity index (χ1) is 9.42. The number of aliphatic hydroxyl groups is 1. The Kier molecular flexibility index (Phi) is 4.22. The van der Waals surface area contributed by atoms with E-state index >= 15 is 0 Å². The Balaban J connectivity index is 2.07. The number of rotatable bonds is 3. The largest absolute Gasteiger partial charge is 0.480 e. The molecule has 2 aliphatic rings. The summed E-state index contributed by atoms with van der Waals surface area (Å²) in [5, 5.41) is 18.8. The van der Waals surface area contributed by atoms with Crippen LogP contribution >= 0.6 is 0 Å². The summed E-state index contributed by atoms with van der Waals surface area (Å²) in [6.07, 6.45) is 2.42. The van der Waals surface area contributed by atoms with Crippen molar-refractivity contribution in [3.05, 3.63) is 0 Å². The predicted molar refractivity (Wildman–Crippen MR) is 73.4 cm³/mol. The Morgan fingerprint density at radius 1 is 1.30 bits per heavy atom. The number of hydrogen-bond donors (Lipinski definition) is 2. The van der Waals surface area contributed by atoms with Gasteiger partial charge in [-0.15, -0.1) is 0 Å². The van der Waals surface area contributed by atoms with Crippen molar-refractivity contribution < 1.29 is 19.8 Å². The fourth-order valence-corrected chi connectivity index (χ4v) is 3.37. The van der Waals surface area contributed by atoms with Crippen molar-refractivity contribution in [3.63, 3.8) is 0 Å². The molecule has 2 saturated heterocycles. The monoisotopic (exact) mass is 284 g/mol. The smallest absolute Gasteiger partial charge is 0.326 e. The van der Waals surface area contributed by atoms with Crippen LogP contribution in [0.25, 0.3) is 0 Å². The first kappa shape index (κ1) is 15.1. The first-order valence-corrected chi connectivity index (χ1v) is 7.39. The lowest BCUT2D eigenvalue weighted by atomic mass is 9.82. The van der Waals surface area contributed by atoms with E-state index in [9.17, 15) is 14.7 Å². The minimum atomic E-state index is -1.04. The number of amides is 2. The molecule has 2 atom stereocenters. The summed E-state index contributed by atoms with van der Waals surface area (Å²) in [5.74, 6) is -1.04. The molecule has 0 spiro atoms. The Morgan fingerprint density at radius 3 is 2.45 bits per heavy atom. The zero-order valence-corrected chi connectivity index (χ0v) is 12.2. The van der Waals surface area contributed by atoms with Crippen molar-refractivity contribution in [3.8, 4) is 0 Å². The van der Waals surface area contributed by atoms with Crippen LogP contribution in [0.1, 0.15) is 39.5 Å². The van der Waals surface area contributed by atoms with Gasteiger partial charge in [0.15, 0.2) is 0 Å². The van der Waals surface area contributed by atoms with Crippen molar-refractivity contribution in [1.29, 1.82) is 0 Å². The Bertz CT molecular complexity index is 395. The van der Waals surface area contributed by atoms with Crippen molar-refractivity contribution in [2.24, 2.45) is 5.41 Å².